The van der Waals surface area contributed by atoms with Crippen molar-refractivity contribution in [1.82, 2.24) is 5.32 Å². The second kappa shape index (κ2) is 17.6. The van der Waals surface area contributed by atoms with E-state index < -0.39 is 55.5 Å². The van der Waals surface area contributed by atoms with Gasteiger partial charge >= 0.3 is 154 Å². The van der Waals surface area contributed by atoms with Gasteiger partial charge in [-0.25, -0.2) is 0 Å². The second-order valence-corrected chi connectivity index (χ2v) is 4.10. The largest absolute Gasteiger partial charge is 1.00 e. The molecule has 1 atom stereocenters. The van der Waals surface area contributed by atoms with E-state index in [0.29, 0.717) is 0 Å². The van der Waals surface area contributed by atoms with E-state index in [1.807, 2.05) is 0 Å². The molecule has 0 heterocycles. The van der Waals surface area contributed by atoms with E-state index in [-0.39, 0.29) is 161 Å². The number of carbonyl (C=O) groups is 3. The van der Waals surface area contributed by atoms with Crippen LogP contribution < -0.4 is 181 Å². The summed E-state index contributed by atoms with van der Waals surface area (Å²) in [6.07, 6.45) is -1.80. The van der Waals surface area contributed by atoms with Crippen LogP contribution in [0, 0.1) is 0 Å². The molecule has 22 heavy (non-hydrogen) atoms. The first-order valence-electron chi connectivity index (χ1n) is 5.44. The summed E-state index contributed by atoms with van der Waals surface area (Å²) in [5, 5.41) is 42.8. The number of carboxylic acids is 3. The van der Waals surface area contributed by atoms with Crippen LogP contribution in [0.4, 0.5) is 0 Å². The monoisotopic (exact) mass is 392 g/mol. The van der Waals surface area contributed by atoms with E-state index in [2.05, 4.69) is 5.32 Å². The zero-order valence-electron chi connectivity index (χ0n) is 13.1. The Morgan fingerprint density at radius 1 is 1.00 bits per heavy atom. The van der Waals surface area contributed by atoms with Crippen molar-refractivity contribution >= 4 is 17.9 Å². The maximum absolute atomic E-state index is 10.7. The summed E-state index contributed by atoms with van der Waals surface area (Å²) in [5.74, 6) is -4.78. The molecule has 0 aliphatic heterocycles. The molecule has 0 aromatic rings. The molecular formula is C10H15K3N2O7. The fourth-order valence-corrected chi connectivity index (χ4v) is 1.76. The molecule has 12 heteroatoms. The number of hydrogen-bond acceptors (Lipinski definition) is 9. The van der Waals surface area contributed by atoms with E-state index in [0.717, 1.165) is 0 Å². The molecule has 0 saturated heterocycles. The van der Waals surface area contributed by atoms with Crippen molar-refractivity contribution in [2.45, 2.75) is 30.8 Å². The molecular weight excluding hydrogens is 377 g/mol. The van der Waals surface area contributed by atoms with Gasteiger partial charge in [0.15, 0.2) is 0 Å². The van der Waals surface area contributed by atoms with Crippen molar-refractivity contribution in [3.05, 3.63) is 0 Å². The van der Waals surface area contributed by atoms with E-state index >= 15 is 0 Å². The summed E-state index contributed by atoms with van der Waals surface area (Å²) >= 11 is 0. The summed E-state index contributed by atoms with van der Waals surface area (Å²) in [5.41, 5.74) is 3.84. The molecule has 1 unspecified atom stereocenters. The molecule has 0 saturated carbocycles. The van der Waals surface area contributed by atoms with Crippen LogP contribution in [0.1, 0.15) is 19.3 Å². The number of rotatable bonds is 10. The van der Waals surface area contributed by atoms with Gasteiger partial charge in [-0.05, 0) is 6.42 Å². The van der Waals surface area contributed by atoms with Crippen molar-refractivity contribution in [3.8, 4) is 0 Å². The van der Waals surface area contributed by atoms with Crippen molar-refractivity contribution in [1.29, 1.82) is 0 Å². The van der Waals surface area contributed by atoms with Gasteiger partial charge in [-0.3, -0.25) is 0 Å². The maximum Gasteiger partial charge on any atom is 1.00 e. The number of nitrogens with two attached hydrogens (primary N) is 1. The minimum Gasteiger partial charge on any atom is -0.550 e. The molecule has 0 bridgehead atoms. The molecule has 0 rings (SSSR count). The fraction of sp³-hybridized carbons (Fsp3) is 0.700. The van der Waals surface area contributed by atoms with Crippen molar-refractivity contribution in [2.24, 2.45) is 5.73 Å². The van der Waals surface area contributed by atoms with E-state index in [4.69, 9.17) is 10.8 Å². The summed E-state index contributed by atoms with van der Waals surface area (Å²) in [4.78, 5) is 31.8. The smallest absolute Gasteiger partial charge is 0.550 e. The first kappa shape index (κ1) is 32.8. The van der Waals surface area contributed by atoms with E-state index in [1.54, 1.807) is 0 Å². The Morgan fingerprint density at radius 2 is 1.41 bits per heavy atom. The summed E-state index contributed by atoms with van der Waals surface area (Å²) in [7, 11) is 0. The number of aliphatic hydroxyl groups excluding tert-OH is 1. The number of aliphatic hydroxyl groups is 1. The summed E-state index contributed by atoms with van der Waals surface area (Å²) in [6, 6.07) is -1.12. The predicted octanol–water partition coefficient (Wildman–Crippen LogP) is -14.9. The van der Waals surface area contributed by atoms with Crippen LogP contribution in [0.5, 0.6) is 0 Å². The zero-order valence-corrected chi connectivity index (χ0v) is 22.5. The van der Waals surface area contributed by atoms with Gasteiger partial charge in [0.2, 0.25) is 0 Å². The van der Waals surface area contributed by atoms with E-state index in [1.165, 1.54) is 0 Å². The molecule has 0 aromatic carbocycles. The number of hydrogen-bond donors (Lipinski definition) is 3. The number of carbonyl (C=O) groups excluding carboxylic acids is 3. The normalized spacial score (nSPS) is 11.2. The van der Waals surface area contributed by atoms with Crippen molar-refractivity contribution < 1.29 is 189 Å². The van der Waals surface area contributed by atoms with Crippen LogP contribution >= 0.6 is 0 Å². The van der Waals surface area contributed by atoms with Crippen LogP contribution in [0.3, 0.4) is 0 Å². The number of nitrogens with one attached hydrogen (secondary N) is 1. The van der Waals surface area contributed by atoms with Crippen LogP contribution in [0.25, 0.3) is 0 Å². The number of carboxylic acid groups (broad SMARTS) is 3. The first-order valence-corrected chi connectivity index (χ1v) is 5.44. The Hall–Kier alpha value is 3.20. The molecule has 0 fully saturated rings. The molecule has 4 N–H and O–H groups in total. The average molecular weight is 393 g/mol. The van der Waals surface area contributed by atoms with Crippen molar-refractivity contribution in [3.63, 3.8) is 0 Å². The van der Waals surface area contributed by atoms with Crippen LogP contribution in [0.2, 0.25) is 0 Å². The van der Waals surface area contributed by atoms with Crippen LogP contribution in [0.15, 0.2) is 0 Å². The van der Waals surface area contributed by atoms with Crippen LogP contribution in [-0.4, -0.2) is 47.7 Å². The molecule has 0 spiro atoms. The Morgan fingerprint density at radius 3 is 1.68 bits per heavy atom. The molecule has 0 amide bonds. The van der Waals surface area contributed by atoms with Gasteiger partial charge in [0.05, 0.1) is 5.97 Å². The summed E-state index contributed by atoms with van der Waals surface area (Å²) in [6.45, 7) is -1.21. The molecule has 0 aliphatic rings. The molecule has 110 valence electrons. The Labute approximate surface area is 255 Å². The zero-order chi connectivity index (χ0) is 15.1. The Bertz CT molecular complexity index is 341. The number of aliphatic carboxylic acids is 3. The van der Waals surface area contributed by atoms with Gasteiger partial charge < -0.3 is 45.9 Å². The third kappa shape index (κ3) is 14.4. The Balaban J connectivity index is -0.000000540. The third-order valence-electron chi connectivity index (χ3n) is 2.65. The van der Waals surface area contributed by atoms with Gasteiger partial charge in [-0.15, -0.1) is 0 Å². The van der Waals surface area contributed by atoms with Gasteiger partial charge in [0.25, 0.3) is 0 Å². The van der Waals surface area contributed by atoms with Gasteiger partial charge in [0.1, 0.15) is 0 Å². The van der Waals surface area contributed by atoms with Gasteiger partial charge in [0, 0.05) is 49.5 Å². The minimum absolute atomic E-state index is 0. The molecule has 0 aromatic heterocycles. The van der Waals surface area contributed by atoms with Gasteiger partial charge in [-0.2, -0.15) is 0 Å². The van der Waals surface area contributed by atoms with Crippen molar-refractivity contribution in [2.75, 3.05) is 13.2 Å². The Kier molecular flexibility index (Phi) is 26.3. The molecule has 0 aliphatic carbocycles. The standard InChI is InChI=1S/C10H18N2O7.3K/c11-6(1-2-13)10(3-7(14)15,4-8(16)17)12-5-9(18)19;;;/h6,12-13H,1-5,11H2,(H,14,15)(H,16,17)(H,18,19);;;/q;3*+1/p-3. The average Bonchev–Trinajstić information content (AvgIpc) is 2.24. The van der Waals surface area contributed by atoms with Gasteiger partial charge in [-0.1, -0.05) is 0 Å². The summed E-state index contributed by atoms with van der Waals surface area (Å²) < 4.78 is 0. The fourth-order valence-electron chi connectivity index (χ4n) is 1.76. The molecule has 9 nitrogen and oxygen atoms in total. The minimum atomic E-state index is -1.79. The topological polar surface area (TPSA) is 179 Å². The maximum atomic E-state index is 10.7. The SMILES string of the molecule is NC(CCO)C(CC(=O)[O-])(CC(=O)[O-])NCC(=O)[O-].[K+].[K+].[K+]. The van der Waals surface area contributed by atoms with E-state index in [9.17, 15) is 29.7 Å². The van der Waals surface area contributed by atoms with Crippen LogP contribution in [-0.2, 0) is 14.4 Å². The molecule has 0 radical (unpaired) electrons. The predicted molar refractivity (Wildman–Crippen MR) is 54.7 cm³/mol. The quantitative estimate of drug-likeness (QED) is 0.304. The third-order valence-corrected chi connectivity index (χ3v) is 2.65. The second-order valence-electron chi connectivity index (χ2n) is 4.10. The first-order chi connectivity index (χ1) is 8.73.